The Morgan fingerprint density at radius 1 is 1.28 bits per heavy atom. The topological polar surface area (TPSA) is 64.7 Å². The van der Waals surface area contributed by atoms with Crippen LogP contribution in [0.2, 0.25) is 0 Å². The molecule has 29 heavy (non-hydrogen) atoms. The molecule has 0 bridgehead atoms. The molecule has 2 heterocycles. The van der Waals surface area contributed by atoms with Crippen LogP contribution in [0.25, 0.3) is 10.9 Å². The number of fused-ring (bicyclic) bond motifs is 1. The molecule has 1 saturated heterocycles. The van der Waals surface area contributed by atoms with E-state index in [-0.39, 0.29) is 35.3 Å². The zero-order valence-corrected chi connectivity index (χ0v) is 19.9. The Morgan fingerprint density at radius 3 is 2.72 bits per heavy atom. The van der Waals surface area contributed by atoms with Gasteiger partial charge in [-0.15, -0.1) is 24.0 Å². The van der Waals surface area contributed by atoms with Crippen LogP contribution >= 0.6 is 24.0 Å². The number of nitrogens with one attached hydrogen (secondary N) is 3. The first-order valence-electron chi connectivity index (χ1n) is 10.1. The number of ether oxygens (including phenoxy) is 1. The summed E-state index contributed by atoms with van der Waals surface area (Å²) in [6, 6.07) is 4.85. The van der Waals surface area contributed by atoms with Gasteiger partial charge in [-0.25, -0.2) is 4.39 Å². The maximum absolute atomic E-state index is 13.6. The van der Waals surface area contributed by atoms with E-state index in [4.69, 9.17) is 9.73 Å². The lowest BCUT2D eigenvalue weighted by atomic mass is 9.89. The number of H-pyrrole nitrogens is 1. The standard InChI is InChI=1S/C21H32FN5O.HI/c1-4-23-20(26-15-21(27(2)3)8-11-28-12-9-21)24-10-7-16-14-25-19-6-5-17(22)13-18(16)19;/h5-6,13-14,25H,4,7-12,15H2,1-3H3,(H2,23,24,26);1H. The zero-order valence-electron chi connectivity index (χ0n) is 17.6. The number of likely N-dealkylation sites (N-methyl/N-ethyl adjacent to an activating group) is 1. The highest BCUT2D eigenvalue weighted by atomic mass is 127. The van der Waals surface area contributed by atoms with Gasteiger partial charge in [-0.1, -0.05) is 0 Å². The summed E-state index contributed by atoms with van der Waals surface area (Å²) in [7, 11) is 4.24. The van der Waals surface area contributed by atoms with Gasteiger partial charge in [-0.2, -0.15) is 0 Å². The van der Waals surface area contributed by atoms with Gasteiger partial charge in [0.15, 0.2) is 5.96 Å². The van der Waals surface area contributed by atoms with E-state index in [2.05, 4.69) is 41.5 Å². The van der Waals surface area contributed by atoms with E-state index in [1.807, 2.05) is 6.20 Å². The van der Waals surface area contributed by atoms with Gasteiger partial charge in [0.25, 0.3) is 0 Å². The molecule has 1 aromatic carbocycles. The molecule has 1 aliphatic heterocycles. The van der Waals surface area contributed by atoms with Crippen LogP contribution in [0.5, 0.6) is 0 Å². The van der Waals surface area contributed by atoms with Crippen molar-refractivity contribution in [3.63, 3.8) is 0 Å². The number of hydrogen-bond donors (Lipinski definition) is 3. The first kappa shape index (κ1) is 23.9. The van der Waals surface area contributed by atoms with Gasteiger partial charge in [0, 0.05) is 48.9 Å². The summed E-state index contributed by atoms with van der Waals surface area (Å²) in [6.45, 7) is 5.91. The summed E-state index contributed by atoms with van der Waals surface area (Å²) in [6.07, 6.45) is 4.73. The van der Waals surface area contributed by atoms with Crippen LogP contribution in [0.3, 0.4) is 0 Å². The smallest absolute Gasteiger partial charge is 0.191 e. The number of aromatic nitrogens is 1. The van der Waals surface area contributed by atoms with Crippen LogP contribution in [0.1, 0.15) is 25.3 Å². The van der Waals surface area contributed by atoms with E-state index in [9.17, 15) is 4.39 Å². The maximum atomic E-state index is 13.6. The van der Waals surface area contributed by atoms with Gasteiger partial charge >= 0.3 is 0 Å². The molecule has 0 atom stereocenters. The van der Waals surface area contributed by atoms with Crippen molar-refractivity contribution in [1.82, 2.24) is 20.5 Å². The predicted molar refractivity (Wildman–Crippen MR) is 128 cm³/mol. The maximum Gasteiger partial charge on any atom is 0.191 e. The minimum Gasteiger partial charge on any atom is -0.381 e. The molecule has 0 unspecified atom stereocenters. The molecule has 1 aromatic heterocycles. The summed E-state index contributed by atoms with van der Waals surface area (Å²) in [5.74, 6) is 0.614. The van der Waals surface area contributed by atoms with Gasteiger partial charge < -0.3 is 25.3 Å². The third kappa shape index (κ3) is 6.05. The predicted octanol–water partition coefficient (Wildman–Crippen LogP) is 3.13. The lowest BCUT2D eigenvalue weighted by Crippen LogP contribution is -2.51. The minimum atomic E-state index is -0.207. The summed E-state index contributed by atoms with van der Waals surface area (Å²) in [5.41, 5.74) is 2.12. The Labute approximate surface area is 189 Å². The highest BCUT2D eigenvalue weighted by Crippen LogP contribution is 2.26. The molecule has 3 rings (SSSR count). The van der Waals surface area contributed by atoms with E-state index < -0.39 is 0 Å². The second-order valence-electron chi connectivity index (χ2n) is 7.61. The second kappa shape index (κ2) is 11.1. The van der Waals surface area contributed by atoms with Crippen molar-refractivity contribution in [2.75, 3.05) is 46.9 Å². The van der Waals surface area contributed by atoms with Crippen molar-refractivity contribution < 1.29 is 9.13 Å². The Balaban J connectivity index is 0.00000300. The van der Waals surface area contributed by atoms with Gasteiger partial charge in [0.1, 0.15) is 5.82 Å². The van der Waals surface area contributed by atoms with Gasteiger partial charge in [-0.05, 0) is 64.0 Å². The molecule has 0 radical (unpaired) electrons. The highest BCUT2D eigenvalue weighted by molar-refractivity contribution is 14.0. The molecule has 1 fully saturated rings. The van der Waals surface area contributed by atoms with Gasteiger partial charge in [0.05, 0.1) is 6.54 Å². The van der Waals surface area contributed by atoms with Crippen LogP contribution in [-0.2, 0) is 11.2 Å². The number of rotatable bonds is 7. The molecule has 3 N–H and O–H groups in total. The number of benzene rings is 1. The average Bonchev–Trinajstić information content (AvgIpc) is 3.09. The molecule has 1 aliphatic rings. The summed E-state index contributed by atoms with van der Waals surface area (Å²) < 4.78 is 19.1. The zero-order chi connectivity index (χ0) is 20.0. The number of guanidine groups is 1. The minimum absolute atomic E-state index is 0. The fourth-order valence-corrected chi connectivity index (χ4v) is 3.74. The van der Waals surface area contributed by atoms with Crippen LogP contribution in [0.4, 0.5) is 4.39 Å². The average molecular weight is 517 g/mol. The monoisotopic (exact) mass is 517 g/mol. The Morgan fingerprint density at radius 2 is 2.03 bits per heavy atom. The van der Waals surface area contributed by atoms with E-state index in [1.54, 1.807) is 12.1 Å². The van der Waals surface area contributed by atoms with Crippen molar-refractivity contribution in [3.05, 3.63) is 35.8 Å². The number of nitrogens with zero attached hydrogens (tertiary/aromatic N) is 2. The Hall–Kier alpha value is -1.39. The van der Waals surface area contributed by atoms with E-state index >= 15 is 0 Å². The first-order valence-corrected chi connectivity index (χ1v) is 10.1. The quantitative estimate of drug-likeness (QED) is 0.300. The molecule has 162 valence electrons. The lowest BCUT2D eigenvalue weighted by molar-refractivity contribution is -0.00254. The lowest BCUT2D eigenvalue weighted by Gasteiger charge is -2.41. The molecule has 6 nitrogen and oxygen atoms in total. The van der Waals surface area contributed by atoms with Gasteiger partial charge in [0.2, 0.25) is 0 Å². The molecule has 2 aromatic rings. The number of aromatic amines is 1. The fourth-order valence-electron chi connectivity index (χ4n) is 3.74. The summed E-state index contributed by atoms with van der Waals surface area (Å²) >= 11 is 0. The van der Waals surface area contributed by atoms with Crippen molar-refractivity contribution in [2.24, 2.45) is 4.99 Å². The highest BCUT2D eigenvalue weighted by Gasteiger charge is 2.34. The SMILES string of the molecule is CCNC(=NCC1(N(C)C)CCOCC1)NCCc1c[nH]c2ccc(F)cc12.I. The summed E-state index contributed by atoms with van der Waals surface area (Å²) in [4.78, 5) is 10.3. The fraction of sp³-hybridized carbons (Fsp3) is 0.571. The van der Waals surface area contributed by atoms with E-state index in [0.717, 1.165) is 74.5 Å². The number of aliphatic imine (C=N–C) groups is 1. The first-order chi connectivity index (χ1) is 13.5. The summed E-state index contributed by atoms with van der Waals surface area (Å²) in [5, 5.41) is 7.68. The van der Waals surface area contributed by atoms with Crippen LogP contribution < -0.4 is 10.6 Å². The molecular weight excluding hydrogens is 484 g/mol. The third-order valence-corrected chi connectivity index (χ3v) is 5.66. The number of halogens is 2. The Bertz CT molecular complexity index is 801. The molecule has 8 heteroatoms. The molecule has 0 saturated carbocycles. The molecule has 0 aliphatic carbocycles. The molecule has 0 amide bonds. The molecule has 0 spiro atoms. The Kier molecular flexibility index (Phi) is 9.16. The van der Waals surface area contributed by atoms with Crippen LogP contribution in [0.15, 0.2) is 29.4 Å². The van der Waals surface area contributed by atoms with Crippen molar-refractivity contribution in [2.45, 2.75) is 31.7 Å². The van der Waals surface area contributed by atoms with Crippen molar-refractivity contribution in [1.29, 1.82) is 0 Å². The number of hydrogen-bond acceptors (Lipinski definition) is 3. The van der Waals surface area contributed by atoms with Crippen molar-refractivity contribution >= 4 is 40.8 Å². The third-order valence-electron chi connectivity index (χ3n) is 5.66. The van der Waals surface area contributed by atoms with Crippen molar-refractivity contribution in [3.8, 4) is 0 Å². The molecular formula is C21H33FIN5O. The van der Waals surface area contributed by atoms with E-state index in [0.29, 0.717) is 0 Å². The van der Waals surface area contributed by atoms with Crippen LogP contribution in [-0.4, -0.2) is 68.3 Å². The normalized spacial score (nSPS) is 16.7. The second-order valence-corrected chi connectivity index (χ2v) is 7.61. The largest absolute Gasteiger partial charge is 0.381 e. The van der Waals surface area contributed by atoms with Gasteiger partial charge in [-0.3, -0.25) is 4.99 Å². The van der Waals surface area contributed by atoms with E-state index in [1.165, 1.54) is 6.07 Å². The van der Waals surface area contributed by atoms with Crippen LogP contribution in [0, 0.1) is 5.82 Å².